The third kappa shape index (κ3) is 7.42. The van der Waals surface area contributed by atoms with E-state index in [0.717, 1.165) is 16.5 Å². The van der Waals surface area contributed by atoms with Crippen LogP contribution in [0.25, 0.3) is 0 Å². The molecule has 1 amide bonds. The summed E-state index contributed by atoms with van der Waals surface area (Å²) in [5.74, 6) is -0.145. The number of hydrogen-bond donors (Lipinski definition) is 3. The topological polar surface area (TPSA) is 62.4 Å². The Labute approximate surface area is 132 Å². The Hall–Kier alpha value is -1.18. The van der Waals surface area contributed by atoms with Crippen LogP contribution in [0, 0.1) is 0 Å². The minimum absolute atomic E-state index is 0.145. The number of ether oxygens (including phenoxy) is 1. The van der Waals surface area contributed by atoms with Crippen molar-refractivity contribution in [2.75, 3.05) is 20.3 Å². The summed E-state index contributed by atoms with van der Waals surface area (Å²) in [7, 11) is 1.65. The Morgan fingerprint density at radius 1 is 1.30 bits per heavy atom. The molecule has 7 heteroatoms. The molecule has 0 saturated heterocycles. The van der Waals surface area contributed by atoms with Gasteiger partial charge in [-0.3, -0.25) is 15.6 Å². The van der Waals surface area contributed by atoms with Gasteiger partial charge in [-0.2, -0.15) is 0 Å². The zero-order chi connectivity index (χ0) is 14.8. The fraction of sp³-hybridized carbons (Fsp3) is 0.385. The summed E-state index contributed by atoms with van der Waals surface area (Å²) in [6.45, 7) is 1.37. The molecule has 0 heterocycles. The standard InChI is InChI=1S/C13H18BrN3O2S/c1-19-8-2-7-15-13(20)17-16-12(18)9-10-3-5-11(14)6-4-10/h3-6H,2,7-9H2,1H3,(H,16,18)(H2,15,17,20). The average Bonchev–Trinajstić information content (AvgIpc) is 2.44. The Morgan fingerprint density at radius 3 is 2.65 bits per heavy atom. The van der Waals surface area contributed by atoms with Gasteiger partial charge >= 0.3 is 0 Å². The Kier molecular flexibility index (Phi) is 8.17. The van der Waals surface area contributed by atoms with Crippen LogP contribution in [-0.4, -0.2) is 31.3 Å². The smallest absolute Gasteiger partial charge is 0.242 e. The van der Waals surface area contributed by atoms with Crippen molar-refractivity contribution in [3.8, 4) is 0 Å². The third-order valence-electron chi connectivity index (χ3n) is 2.40. The van der Waals surface area contributed by atoms with Crippen molar-refractivity contribution in [3.05, 3.63) is 34.3 Å². The van der Waals surface area contributed by atoms with Crippen molar-refractivity contribution < 1.29 is 9.53 Å². The number of thiocarbonyl (C=S) groups is 1. The second kappa shape index (κ2) is 9.68. The molecule has 0 aliphatic heterocycles. The van der Waals surface area contributed by atoms with Gasteiger partial charge in [0, 0.05) is 24.7 Å². The number of amides is 1. The Morgan fingerprint density at radius 2 is 2.00 bits per heavy atom. The lowest BCUT2D eigenvalue weighted by atomic mass is 10.1. The van der Waals surface area contributed by atoms with Gasteiger partial charge in [0.15, 0.2) is 5.11 Å². The first-order valence-corrected chi connectivity index (χ1v) is 7.38. The average molecular weight is 360 g/mol. The van der Waals surface area contributed by atoms with Crippen LogP contribution in [0.5, 0.6) is 0 Å². The summed E-state index contributed by atoms with van der Waals surface area (Å²) in [4.78, 5) is 11.7. The van der Waals surface area contributed by atoms with Gasteiger partial charge in [0.05, 0.1) is 6.42 Å². The summed E-state index contributed by atoms with van der Waals surface area (Å²) in [5, 5.41) is 3.36. The molecule has 1 aromatic rings. The lowest BCUT2D eigenvalue weighted by Crippen LogP contribution is -2.47. The van der Waals surface area contributed by atoms with Crippen LogP contribution >= 0.6 is 28.1 Å². The maximum atomic E-state index is 11.7. The Bertz CT molecular complexity index is 440. The zero-order valence-electron chi connectivity index (χ0n) is 11.2. The summed E-state index contributed by atoms with van der Waals surface area (Å²) in [5.41, 5.74) is 6.15. The summed E-state index contributed by atoms with van der Waals surface area (Å²) in [6, 6.07) is 7.59. The molecule has 0 radical (unpaired) electrons. The molecule has 1 rings (SSSR count). The zero-order valence-corrected chi connectivity index (χ0v) is 13.6. The van der Waals surface area contributed by atoms with Crippen molar-refractivity contribution >= 4 is 39.2 Å². The number of hydrogen-bond acceptors (Lipinski definition) is 3. The lowest BCUT2D eigenvalue weighted by Gasteiger charge is -2.11. The van der Waals surface area contributed by atoms with E-state index in [2.05, 4.69) is 32.1 Å². The fourth-order valence-electron chi connectivity index (χ4n) is 1.42. The molecule has 3 N–H and O–H groups in total. The van der Waals surface area contributed by atoms with Crippen LogP contribution in [0.15, 0.2) is 28.7 Å². The first-order chi connectivity index (χ1) is 9.61. The van der Waals surface area contributed by atoms with Gasteiger partial charge < -0.3 is 10.1 Å². The second-order valence-corrected chi connectivity index (χ2v) is 5.40. The fourth-order valence-corrected chi connectivity index (χ4v) is 1.84. The highest BCUT2D eigenvalue weighted by atomic mass is 79.9. The predicted octanol–water partition coefficient (Wildman–Crippen LogP) is 1.52. The van der Waals surface area contributed by atoms with E-state index < -0.39 is 0 Å². The van der Waals surface area contributed by atoms with E-state index in [9.17, 15) is 4.79 Å². The molecule has 0 bridgehead atoms. The van der Waals surface area contributed by atoms with Crippen LogP contribution in [0.1, 0.15) is 12.0 Å². The molecule has 0 aromatic heterocycles. The molecule has 0 aliphatic rings. The lowest BCUT2D eigenvalue weighted by molar-refractivity contribution is -0.121. The number of methoxy groups -OCH3 is 1. The van der Waals surface area contributed by atoms with E-state index in [0.29, 0.717) is 24.7 Å². The molecule has 0 aliphatic carbocycles. The number of benzene rings is 1. The number of rotatable bonds is 6. The van der Waals surface area contributed by atoms with E-state index in [-0.39, 0.29) is 5.91 Å². The molecule has 0 spiro atoms. The molecule has 0 saturated carbocycles. The molecule has 0 unspecified atom stereocenters. The van der Waals surface area contributed by atoms with E-state index >= 15 is 0 Å². The molecule has 20 heavy (non-hydrogen) atoms. The molecule has 5 nitrogen and oxygen atoms in total. The number of nitrogens with one attached hydrogen (secondary N) is 3. The van der Waals surface area contributed by atoms with Gasteiger partial charge in [0.2, 0.25) is 5.91 Å². The third-order valence-corrected chi connectivity index (χ3v) is 3.18. The summed E-state index contributed by atoms with van der Waals surface area (Å²) >= 11 is 8.37. The molecule has 1 aromatic carbocycles. The largest absolute Gasteiger partial charge is 0.385 e. The van der Waals surface area contributed by atoms with E-state index in [4.69, 9.17) is 17.0 Å². The van der Waals surface area contributed by atoms with Crippen molar-refractivity contribution in [1.82, 2.24) is 16.2 Å². The Balaban J connectivity index is 2.19. The van der Waals surface area contributed by atoms with Crippen molar-refractivity contribution in [3.63, 3.8) is 0 Å². The van der Waals surface area contributed by atoms with Gasteiger partial charge in [-0.05, 0) is 36.3 Å². The van der Waals surface area contributed by atoms with Crippen molar-refractivity contribution in [2.45, 2.75) is 12.8 Å². The number of hydrazine groups is 1. The van der Waals surface area contributed by atoms with Crippen molar-refractivity contribution in [2.24, 2.45) is 0 Å². The normalized spacial score (nSPS) is 9.90. The van der Waals surface area contributed by atoms with Crippen LogP contribution in [0.4, 0.5) is 0 Å². The van der Waals surface area contributed by atoms with Gasteiger partial charge in [-0.15, -0.1) is 0 Å². The predicted molar refractivity (Wildman–Crippen MR) is 86.2 cm³/mol. The van der Waals surface area contributed by atoms with Crippen LogP contribution in [0.2, 0.25) is 0 Å². The van der Waals surface area contributed by atoms with E-state index in [1.54, 1.807) is 7.11 Å². The molecule has 0 atom stereocenters. The minimum Gasteiger partial charge on any atom is -0.385 e. The maximum Gasteiger partial charge on any atom is 0.242 e. The minimum atomic E-state index is -0.145. The number of carbonyl (C=O) groups excluding carboxylic acids is 1. The monoisotopic (exact) mass is 359 g/mol. The van der Waals surface area contributed by atoms with Gasteiger partial charge in [0.1, 0.15) is 0 Å². The van der Waals surface area contributed by atoms with Gasteiger partial charge in [-0.1, -0.05) is 28.1 Å². The van der Waals surface area contributed by atoms with Gasteiger partial charge in [0.25, 0.3) is 0 Å². The number of halogens is 1. The second-order valence-electron chi connectivity index (χ2n) is 4.08. The van der Waals surface area contributed by atoms with Crippen LogP contribution < -0.4 is 16.2 Å². The molecular formula is C13H18BrN3O2S. The first kappa shape index (κ1) is 16.9. The van der Waals surface area contributed by atoms with Gasteiger partial charge in [-0.25, -0.2) is 0 Å². The van der Waals surface area contributed by atoms with Crippen LogP contribution in [0.3, 0.4) is 0 Å². The first-order valence-electron chi connectivity index (χ1n) is 6.18. The quantitative estimate of drug-likeness (QED) is 0.408. The highest BCUT2D eigenvalue weighted by Crippen LogP contribution is 2.10. The SMILES string of the molecule is COCCCNC(=S)NNC(=O)Cc1ccc(Br)cc1. The molecule has 110 valence electrons. The maximum absolute atomic E-state index is 11.7. The highest BCUT2D eigenvalue weighted by Gasteiger charge is 2.03. The molecule has 0 fully saturated rings. The van der Waals surface area contributed by atoms with Crippen LogP contribution in [-0.2, 0) is 16.0 Å². The summed E-state index contributed by atoms with van der Waals surface area (Å²) in [6.07, 6.45) is 1.15. The summed E-state index contributed by atoms with van der Waals surface area (Å²) < 4.78 is 5.91. The van der Waals surface area contributed by atoms with E-state index in [1.807, 2.05) is 24.3 Å². The van der Waals surface area contributed by atoms with Crippen molar-refractivity contribution in [1.29, 1.82) is 0 Å². The van der Waals surface area contributed by atoms with E-state index in [1.165, 1.54) is 0 Å². The highest BCUT2D eigenvalue weighted by molar-refractivity contribution is 9.10. The number of carbonyl (C=O) groups is 1. The molecular weight excluding hydrogens is 342 g/mol.